The first-order valence-electron chi connectivity index (χ1n) is 5.21. The van der Waals surface area contributed by atoms with Crippen LogP contribution in [0.3, 0.4) is 0 Å². The van der Waals surface area contributed by atoms with Crippen molar-refractivity contribution in [1.29, 1.82) is 0 Å². The molecule has 2 aromatic rings. The summed E-state index contributed by atoms with van der Waals surface area (Å²) in [5, 5.41) is 0. The maximum absolute atomic E-state index is 5.67. The van der Waals surface area contributed by atoms with Crippen LogP contribution in [0.5, 0.6) is 17.4 Å². The number of rotatable bonds is 4. The minimum absolute atomic E-state index is 0.253. The lowest BCUT2D eigenvalue weighted by Crippen LogP contribution is -2.00. The molecule has 6 heteroatoms. The lowest BCUT2D eigenvalue weighted by molar-refractivity contribution is 0.369. The summed E-state index contributed by atoms with van der Waals surface area (Å²) >= 11 is 1.67. The molecule has 2 rings (SSSR count). The van der Waals surface area contributed by atoms with Crippen LogP contribution >= 0.6 is 11.8 Å². The van der Waals surface area contributed by atoms with Crippen molar-refractivity contribution in [1.82, 2.24) is 9.97 Å². The maximum atomic E-state index is 5.67. The van der Waals surface area contributed by atoms with Crippen LogP contribution in [-0.2, 0) is 0 Å². The van der Waals surface area contributed by atoms with Crippen molar-refractivity contribution in [3.05, 3.63) is 30.6 Å². The van der Waals surface area contributed by atoms with E-state index < -0.39 is 0 Å². The number of hydrogen-bond acceptors (Lipinski definition) is 6. The monoisotopic (exact) mass is 263 g/mol. The molecule has 0 saturated carbocycles. The first-order chi connectivity index (χ1) is 8.74. The average Bonchev–Trinajstić information content (AvgIpc) is 2.40. The molecule has 0 saturated heterocycles. The number of thioether (sulfide) groups is 1. The summed E-state index contributed by atoms with van der Waals surface area (Å²) in [6.45, 7) is 0. The minimum Gasteiger partial charge on any atom is -0.489 e. The fraction of sp³-hybridized carbons (Fsp3) is 0.167. The van der Waals surface area contributed by atoms with Crippen LogP contribution in [0, 0.1) is 0 Å². The fourth-order valence-electron chi connectivity index (χ4n) is 1.39. The molecule has 0 radical (unpaired) electrons. The lowest BCUT2D eigenvalue weighted by atomic mass is 10.3. The first kappa shape index (κ1) is 12.5. The Balaban J connectivity index is 2.25. The molecule has 0 fully saturated rings. The van der Waals surface area contributed by atoms with Gasteiger partial charge in [-0.2, -0.15) is 4.98 Å². The zero-order chi connectivity index (χ0) is 13.0. The molecule has 5 nitrogen and oxygen atoms in total. The Hall–Kier alpha value is -1.95. The van der Waals surface area contributed by atoms with E-state index in [9.17, 15) is 0 Å². The van der Waals surface area contributed by atoms with Gasteiger partial charge in [0, 0.05) is 4.90 Å². The van der Waals surface area contributed by atoms with E-state index in [2.05, 4.69) is 9.97 Å². The van der Waals surface area contributed by atoms with Gasteiger partial charge in [-0.3, -0.25) is 0 Å². The Labute approximate surface area is 109 Å². The van der Waals surface area contributed by atoms with Crippen LogP contribution in [0.2, 0.25) is 0 Å². The Kier molecular flexibility index (Phi) is 3.88. The molecule has 0 bridgehead atoms. The molecule has 0 amide bonds. The second kappa shape index (κ2) is 5.59. The van der Waals surface area contributed by atoms with Gasteiger partial charge in [-0.05, 0) is 30.5 Å². The van der Waals surface area contributed by atoms with E-state index in [1.807, 2.05) is 30.5 Å². The van der Waals surface area contributed by atoms with Crippen LogP contribution in [-0.4, -0.2) is 23.3 Å². The largest absolute Gasteiger partial charge is 0.489 e. The standard InChI is InChI=1S/C12H13N3O2S/c1-16-10-11(13)14-7-15-12(10)17-8-3-5-9(18-2)6-4-8/h3-7H,1-2H3,(H2,13,14,15). The van der Waals surface area contributed by atoms with E-state index in [0.29, 0.717) is 17.4 Å². The summed E-state index contributed by atoms with van der Waals surface area (Å²) in [7, 11) is 1.50. The van der Waals surface area contributed by atoms with Crippen LogP contribution in [0.4, 0.5) is 5.82 Å². The van der Waals surface area contributed by atoms with Gasteiger partial charge in [-0.15, -0.1) is 11.8 Å². The van der Waals surface area contributed by atoms with Gasteiger partial charge >= 0.3 is 0 Å². The van der Waals surface area contributed by atoms with Gasteiger partial charge in [0.25, 0.3) is 5.88 Å². The molecule has 0 aliphatic heterocycles. The van der Waals surface area contributed by atoms with Crippen LogP contribution in [0.15, 0.2) is 35.5 Å². The third-order valence-electron chi connectivity index (χ3n) is 2.28. The summed E-state index contributed by atoms with van der Waals surface area (Å²) in [5.74, 6) is 1.57. The summed E-state index contributed by atoms with van der Waals surface area (Å²) < 4.78 is 10.7. The van der Waals surface area contributed by atoms with E-state index in [0.717, 1.165) is 4.90 Å². The zero-order valence-corrected chi connectivity index (χ0v) is 10.9. The second-order valence-electron chi connectivity index (χ2n) is 3.37. The number of benzene rings is 1. The Morgan fingerprint density at radius 3 is 2.50 bits per heavy atom. The number of methoxy groups -OCH3 is 1. The van der Waals surface area contributed by atoms with E-state index in [1.165, 1.54) is 13.4 Å². The predicted octanol–water partition coefficient (Wildman–Crippen LogP) is 2.58. The van der Waals surface area contributed by atoms with Crippen molar-refractivity contribution in [2.75, 3.05) is 19.1 Å². The van der Waals surface area contributed by atoms with E-state index in [-0.39, 0.29) is 5.82 Å². The number of hydrogen-bond donors (Lipinski definition) is 1. The van der Waals surface area contributed by atoms with Gasteiger partial charge in [0.15, 0.2) is 5.82 Å². The van der Waals surface area contributed by atoms with Crippen LogP contribution in [0.25, 0.3) is 0 Å². The Bertz CT molecular complexity index is 531. The molecule has 0 spiro atoms. The molecular formula is C12H13N3O2S. The fourth-order valence-corrected chi connectivity index (χ4v) is 1.80. The highest BCUT2D eigenvalue weighted by Crippen LogP contribution is 2.32. The van der Waals surface area contributed by atoms with Gasteiger partial charge in [0.1, 0.15) is 12.1 Å². The highest BCUT2D eigenvalue weighted by atomic mass is 32.2. The summed E-state index contributed by atoms with van der Waals surface area (Å²) in [6, 6.07) is 7.67. The number of anilines is 1. The Morgan fingerprint density at radius 2 is 1.89 bits per heavy atom. The molecule has 0 atom stereocenters. The molecule has 0 aliphatic carbocycles. The molecule has 1 aromatic carbocycles. The number of nitrogens with two attached hydrogens (primary N) is 1. The summed E-state index contributed by atoms with van der Waals surface area (Å²) in [5.41, 5.74) is 5.67. The quantitative estimate of drug-likeness (QED) is 0.855. The van der Waals surface area contributed by atoms with Crippen molar-refractivity contribution in [3.8, 4) is 17.4 Å². The van der Waals surface area contributed by atoms with Gasteiger partial charge < -0.3 is 15.2 Å². The van der Waals surface area contributed by atoms with Gasteiger partial charge in [0.05, 0.1) is 7.11 Å². The lowest BCUT2D eigenvalue weighted by Gasteiger charge is -2.10. The number of aromatic nitrogens is 2. The molecule has 18 heavy (non-hydrogen) atoms. The van der Waals surface area contributed by atoms with Gasteiger partial charge in [-0.25, -0.2) is 4.98 Å². The highest BCUT2D eigenvalue weighted by Gasteiger charge is 2.11. The number of ether oxygens (including phenoxy) is 2. The van der Waals surface area contributed by atoms with Crippen molar-refractivity contribution in [3.63, 3.8) is 0 Å². The topological polar surface area (TPSA) is 70.3 Å². The second-order valence-corrected chi connectivity index (χ2v) is 4.25. The molecule has 1 aromatic heterocycles. The Morgan fingerprint density at radius 1 is 1.17 bits per heavy atom. The smallest absolute Gasteiger partial charge is 0.268 e. The van der Waals surface area contributed by atoms with E-state index in [4.69, 9.17) is 15.2 Å². The molecule has 0 aliphatic rings. The van der Waals surface area contributed by atoms with Crippen LogP contribution < -0.4 is 15.2 Å². The first-order valence-corrected chi connectivity index (χ1v) is 6.43. The van der Waals surface area contributed by atoms with Crippen LogP contribution in [0.1, 0.15) is 0 Å². The zero-order valence-electron chi connectivity index (χ0n) is 10.1. The molecule has 94 valence electrons. The van der Waals surface area contributed by atoms with Crippen molar-refractivity contribution in [2.24, 2.45) is 0 Å². The van der Waals surface area contributed by atoms with Crippen molar-refractivity contribution < 1.29 is 9.47 Å². The van der Waals surface area contributed by atoms with Crippen molar-refractivity contribution >= 4 is 17.6 Å². The maximum Gasteiger partial charge on any atom is 0.268 e. The van der Waals surface area contributed by atoms with Gasteiger partial charge in [0.2, 0.25) is 5.75 Å². The number of nitrogens with zero attached hydrogens (tertiary/aromatic N) is 2. The molecule has 0 unspecified atom stereocenters. The summed E-state index contributed by atoms with van der Waals surface area (Å²) in [4.78, 5) is 9.01. The highest BCUT2D eigenvalue weighted by molar-refractivity contribution is 7.98. The molecular weight excluding hydrogens is 250 g/mol. The van der Waals surface area contributed by atoms with Crippen molar-refractivity contribution in [2.45, 2.75) is 4.90 Å². The third kappa shape index (κ3) is 2.65. The van der Waals surface area contributed by atoms with Gasteiger partial charge in [-0.1, -0.05) is 0 Å². The summed E-state index contributed by atoms with van der Waals surface area (Å²) in [6.07, 6.45) is 3.35. The SMILES string of the molecule is COc1c(N)ncnc1Oc1ccc(SC)cc1. The van der Waals surface area contributed by atoms with E-state index >= 15 is 0 Å². The normalized spacial score (nSPS) is 10.1. The molecule has 2 N–H and O–H groups in total. The minimum atomic E-state index is 0.253. The number of nitrogen functional groups attached to an aromatic ring is 1. The predicted molar refractivity (Wildman–Crippen MR) is 71.3 cm³/mol. The van der Waals surface area contributed by atoms with E-state index in [1.54, 1.807) is 11.8 Å². The average molecular weight is 263 g/mol. The molecule has 1 heterocycles. The third-order valence-corrected chi connectivity index (χ3v) is 3.02.